The second-order valence-electron chi connectivity index (χ2n) is 3.62. The summed E-state index contributed by atoms with van der Waals surface area (Å²) >= 11 is 7.00. The standard InChI is InChI=1S/C10H11ClN2O2S/c11-8-3-2-7(16-8)10(15)13-6-1-4-9(14)12-5-6/h2-3,6H,1,4-5H2,(H,12,14)(H,13,15). The summed E-state index contributed by atoms with van der Waals surface area (Å²) in [7, 11) is 0. The fraction of sp³-hybridized carbons (Fsp3) is 0.400. The highest BCUT2D eigenvalue weighted by Gasteiger charge is 2.20. The van der Waals surface area contributed by atoms with Crippen molar-refractivity contribution in [3.63, 3.8) is 0 Å². The molecule has 1 aromatic heterocycles. The van der Waals surface area contributed by atoms with Gasteiger partial charge >= 0.3 is 0 Å². The molecule has 86 valence electrons. The molecule has 16 heavy (non-hydrogen) atoms. The molecule has 1 saturated heterocycles. The molecule has 0 bridgehead atoms. The van der Waals surface area contributed by atoms with Crippen LogP contribution in [0.1, 0.15) is 22.5 Å². The van der Waals surface area contributed by atoms with E-state index in [-0.39, 0.29) is 17.9 Å². The average Bonchev–Trinajstić information content (AvgIpc) is 2.68. The lowest BCUT2D eigenvalue weighted by molar-refractivity contribution is -0.122. The normalized spacial score (nSPS) is 20.3. The van der Waals surface area contributed by atoms with E-state index in [1.807, 2.05) is 0 Å². The van der Waals surface area contributed by atoms with Crippen LogP contribution in [0.4, 0.5) is 0 Å². The molecule has 1 fully saturated rings. The molecule has 6 heteroatoms. The van der Waals surface area contributed by atoms with Crippen molar-refractivity contribution in [2.75, 3.05) is 6.54 Å². The number of nitrogens with one attached hydrogen (secondary N) is 2. The van der Waals surface area contributed by atoms with Crippen molar-refractivity contribution in [2.24, 2.45) is 0 Å². The van der Waals surface area contributed by atoms with E-state index < -0.39 is 0 Å². The summed E-state index contributed by atoms with van der Waals surface area (Å²) < 4.78 is 0.599. The van der Waals surface area contributed by atoms with Crippen LogP contribution in [0.15, 0.2) is 12.1 Å². The molecule has 2 amide bonds. The molecule has 0 aliphatic carbocycles. The van der Waals surface area contributed by atoms with E-state index in [2.05, 4.69) is 10.6 Å². The third kappa shape index (κ3) is 2.74. The lowest BCUT2D eigenvalue weighted by Gasteiger charge is -2.23. The number of hydrogen-bond donors (Lipinski definition) is 2. The number of rotatable bonds is 2. The highest BCUT2D eigenvalue weighted by atomic mass is 35.5. The van der Waals surface area contributed by atoms with Gasteiger partial charge in [-0.15, -0.1) is 11.3 Å². The summed E-state index contributed by atoms with van der Waals surface area (Å²) in [5.74, 6) is -0.0808. The minimum Gasteiger partial charge on any atom is -0.354 e. The quantitative estimate of drug-likeness (QED) is 0.843. The van der Waals surface area contributed by atoms with Crippen molar-refractivity contribution < 1.29 is 9.59 Å². The first-order valence-corrected chi connectivity index (χ1v) is 6.17. The van der Waals surface area contributed by atoms with Gasteiger partial charge < -0.3 is 10.6 Å². The van der Waals surface area contributed by atoms with E-state index in [0.717, 1.165) is 0 Å². The van der Waals surface area contributed by atoms with Gasteiger partial charge in [-0.3, -0.25) is 9.59 Å². The highest BCUT2D eigenvalue weighted by molar-refractivity contribution is 7.17. The second-order valence-corrected chi connectivity index (χ2v) is 5.33. The van der Waals surface area contributed by atoms with Crippen LogP contribution >= 0.6 is 22.9 Å². The SMILES string of the molecule is O=C1CCC(NC(=O)c2ccc(Cl)s2)CN1. The van der Waals surface area contributed by atoms with Gasteiger partial charge in [-0.05, 0) is 18.6 Å². The summed E-state index contributed by atoms with van der Waals surface area (Å²) in [4.78, 5) is 23.3. The Balaban J connectivity index is 1.90. The monoisotopic (exact) mass is 258 g/mol. The van der Waals surface area contributed by atoms with Crippen LogP contribution < -0.4 is 10.6 Å². The predicted molar refractivity (Wildman–Crippen MR) is 62.8 cm³/mol. The Morgan fingerprint density at radius 2 is 2.38 bits per heavy atom. The van der Waals surface area contributed by atoms with Gasteiger partial charge in [0, 0.05) is 19.0 Å². The van der Waals surface area contributed by atoms with Crippen molar-refractivity contribution in [1.82, 2.24) is 10.6 Å². The predicted octanol–water partition coefficient (Wildman–Crippen LogP) is 1.41. The van der Waals surface area contributed by atoms with Gasteiger partial charge in [0.2, 0.25) is 5.91 Å². The Morgan fingerprint density at radius 3 is 2.94 bits per heavy atom. The van der Waals surface area contributed by atoms with Crippen molar-refractivity contribution in [1.29, 1.82) is 0 Å². The number of carbonyl (C=O) groups excluding carboxylic acids is 2. The molecule has 1 unspecified atom stereocenters. The van der Waals surface area contributed by atoms with Crippen molar-refractivity contribution in [3.05, 3.63) is 21.3 Å². The van der Waals surface area contributed by atoms with Gasteiger partial charge in [-0.2, -0.15) is 0 Å². The first-order chi connectivity index (χ1) is 7.65. The van der Waals surface area contributed by atoms with Crippen LogP contribution in [0.3, 0.4) is 0 Å². The summed E-state index contributed by atoms with van der Waals surface area (Å²) in [6.45, 7) is 0.504. The largest absolute Gasteiger partial charge is 0.354 e. The summed E-state index contributed by atoms with van der Waals surface area (Å²) in [5, 5.41) is 5.58. The molecule has 1 aliphatic heterocycles. The van der Waals surface area contributed by atoms with Crippen molar-refractivity contribution >= 4 is 34.8 Å². The van der Waals surface area contributed by atoms with E-state index >= 15 is 0 Å². The van der Waals surface area contributed by atoms with E-state index in [9.17, 15) is 9.59 Å². The molecule has 2 N–H and O–H groups in total. The summed E-state index contributed by atoms with van der Waals surface area (Å²) in [6.07, 6.45) is 1.16. The van der Waals surface area contributed by atoms with Crippen LogP contribution in [-0.2, 0) is 4.79 Å². The van der Waals surface area contributed by atoms with Crippen LogP contribution in [0.25, 0.3) is 0 Å². The summed E-state index contributed by atoms with van der Waals surface area (Å²) in [6, 6.07) is 3.42. The van der Waals surface area contributed by atoms with E-state index in [1.165, 1.54) is 11.3 Å². The smallest absolute Gasteiger partial charge is 0.261 e. The molecule has 2 heterocycles. The van der Waals surface area contributed by atoms with Gasteiger partial charge in [0.25, 0.3) is 5.91 Å². The number of amides is 2. The molecule has 0 radical (unpaired) electrons. The zero-order chi connectivity index (χ0) is 11.5. The maximum atomic E-state index is 11.7. The Labute approximate surface area is 102 Å². The topological polar surface area (TPSA) is 58.2 Å². The van der Waals surface area contributed by atoms with E-state index in [1.54, 1.807) is 12.1 Å². The molecule has 0 saturated carbocycles. The molecule has 1 aromatic rings. The molecule has 0 spiro atoms. The van der Waals surface area contributed by atoms with Crippen LogP contribution in [-0.4, -0.2) is 24.4 Å². The van der Waals surface area contributed by atoms with Crippen molar-refractivity contribution in [2.45, 2.75) is 18.9 Å². The first-order valence-electron chi connectivity index (χ1n) is 4.98. The lowest BCUT2D eigenvalue weighted by atomic mass is 10.1. The minimum atomic E-state index is -0.127. The average molecular weight is 259 g/mol. The summed E-state index contributed by atoms with van der Waals surface area (Å²) in [5.41, 5.74) is 0. The zero-order valence-electron chi connectivity index (χ0n) is 8.46. The van der Waals surface area contributed by atoms with Crippen LogP contribution in [0, 0.1) is 0 Å². The van der Waals surface area contributed by atoms with E-state index in [4.69, 9.17) is 11.6 Å². The van der Waals surface area contributed by atoms with Crippen molar-refractivity contribution in [3.8, 4) is 0 Å². The molecule has 1 aliphatic rings. The fourth-order valence-electron chi connectivity index (χ4n) is 1.55. The third-order valence-electron chi connectivity index (χ3n) is 2.40. The number of thiophene rings is 1. The number of carbonyl (C=O) groups is 2. The van der Waals surface area contributed by atoms with Gasteiger partial charge in [0.05, 0.1) is 9.21 Å². The molecular formula is C10H11ClN2O2S. The first kappa shape index (κ1) is 11.4. The minimum absolute atomic E-state index is 0.0195. The third-order valence-corrected chi connectivity index (χ3v) is 3.63. The maximum Gasteiger partial charge on any atom is 0.261 e. The molecule has 2 rings (SSSR count). The van der Waals surface area contributed by atoms with Gasteiger partial charge in [0.1, 0.15) is 0 Å². The Bertz CT molecular complexity index is 409. The Hall–Kier alpha value is -1.07. The Kier molecular flexibility index (Phi) is 3.46. The fourth-order valence-corrected chi connectivity index (χ4v) is 2.50. The van der Waals surface area contributed by atoms with Gasteiger partial charge in [-0.1, -0.05) is 11.6 Å². The Morgan fingerprint density at radius 1 is 1.56 bits per heavy atom. The van der Waals surface area contributed by atoms with E-state index in [0.29, 0.717) is 28.6 Å². The number of hydrogen-bond acceptors (Lipinski definition) is 3. The van der Waals surface area contributed by atoms with Gasteiger partial charge in [-0.25, -0.2) is 0 Å². The highest BCUT2D eigenvalue weighted by Crippen LogP contribution is 2.21. The molecule has 4 nitrogen and oxygen atoms in total. The maximum absolute atomic E-state index is 11.7. The molecule has 0 aromatic carbocycles. The van der Waals surface area contributed by atoms with Crippen LogP contribution in [0.2, 0.25) is 4.34 Å². The number of halogens is 1. The van der Waals surface area contributed by atoms with Crippen LogP contribution in [0.5, 0.6) is 0 Å². The molecular weight excluding hydrogens is 248 g/mol. The second kappa shape index (κ2) is 4.84. The number of piperidine rings is 1. The lowest BCUT2D eigenvalue weighted by Crippen LogP contribution is -2.47. The molecule has 1 atom stereocenters. The zero-order valence-corrected chi connectivity index (χ0v) is 10.0. The van der Waals surface area contributed by atoms with Gasteiger partial charge in [0.15, 0.2) is 0 Å².